The Morgan fingerprint density at radius 1 is 0.642 bits per heavy atom. The molecule has 0 aliphatic carbocycles. The highest BCUT2D eigenvalue weighted by atomic mass is 31.2. The Morgan fingerprint density at radius 2 is 1.08 bits per heavy atom. The van der Waals surface area contributed by atoms with Crippen molar-refractivity contribution in [3.05, 3.63) is 36.5 Å². The molecule has 0 saturated carbocycles. The molecule has 312 valence electrons. The number of amides is 1. The van der Waals surface area contributed by atoms with Crippen molar-refractivity contribution in [3.8, 4) is 0 Å². The lowest BCUT2D eigenvalue weighted by molar-refractivity contribution is -0.870. The molecule has 9 heteroatoms. The first kappa shape index (κ1) is 51.7. The van der Waals surface area contributed by atoms with Crippen molar-refractivity contribution in [1.82, 2.24) is 5.32 Å². The number of rotatable bonds is 39. The van der Waals surface area contributed by atoms with Crippen molar-refractivity contribution in [2.75, 3.05) is 40.9 Å². The van der Waals surface area contributed by atoms with E-state index in [2.05, 4.69) is 55.6 Å². The predicted molar refractivity (Wildman–Crippen MR) is 226 cm³/mol. The van der Waals surface area contributed by atoms with Crippen LogP contribution in [-0.2, 0) is 18.4 Å². The zero-order chi connectivity index (χ0) is 39.3. The fraction of sp³-hybridized carbons (Fsp3) is 0.841. The van der Waals surface area contributed by atoms with Gasteiger partial charge in [0, 0.05) is 6.42 Å². The zero-order valence-corrected chi connectivity index (χ0v) is 36.1. The van der Waals surface area contributed by atoms with Gasteiger partial charge in [-0.3, -0.25) is 13.8 Å². The molecule has 0 aromatic heterocycles. The van der Waals surface area contributed by atoms with Crippen LogP contribution < -0.4 is 5.32 Å². The highest BCUT2D eigenvalue weighted by molar-refractivity contribution is 7.47. The number of aliphatic hydroxyl groups is 1. The Bertz CT molecular complexity index is 964. The van der Waals surface area contributed by atoms with Crippen molar-refractivity contribution >= 4 is 13.7 Å². The first-order chi connectivity index (χ1) is 25.5. The quantitative estimate of drug-likeness (QED) is 0.0249. The SMILES string of the molecule is CCCCCCC/C=C\C/C=C\C/C=C\CCCCCCCCCCCCC(=O)NC(COP(=O)(O)OCC[N+](C)(C)C)C(O)CCCCCCCC. The van der Waals surface area contributed by atoms with Crippen LogP contribution in [0.2, 0.25) is 0 Å². The summed E-state index contributed by atoms with van der Waals surface area (Å²) in [5.74, 6) is -0.155. The molecule has 1 amide bonds. The van der Waals surface area contributed by atoms with Crippen LogP contribution in [-0.4, -0.2) is 73.4 Å². The molecule has 0 heterocycles. The minimum Gasteiger partial charge on any atom is -0.391 e. The van der Waals surface area contributed by atoms with Crippen LogP contribution in [0.1, 0.15) is 187 Å². The minimum atomic E-state index is -4.30. The first-order valence-corrected chi connectivity index (χ1v) is 23.3. The molecule has 0 rings (SSSR count). The van der Waals surface area contributed by atoms with Crippen molar-refractivity contribution in [2.24, 2.45) is 0 Å². The van der Waals surface area contributed by atoms with E-state index < -0.39 is 20.0 Å². The van der Waals surface area contributed by atoms with E-state index in [0.717, 1.165) is 51.4 Å². The summed E-state index contributed by atoms with van der Waals surface area (Å²) >= 11 is 0. The summed E-state index contributed by atoms with van der Waals surface area (Å²) in [5.41, 5.74) is 0. The number of nitrogens with zero attached hydrogens (tertiary/aromatic N) is 1. The topological polar surface area (TPSA) is 105 Å². The van der Waals surface area contributed by atoms with Gasteiger partial charge in [-0.1, -0.05) is 166 Å². The van der Waals surface area contributed by atoms with E-state index in [0.29, 0.717) is 23.9 Å². The number of phosphoric ester groups is 1. The number of allylic oxidation sites excluding steroid dienone is 6. The molecule has 3 N–H and O–H groups in total. The minimum absolute atomic E-state index is 0.0724. The van der Waals surface area contributed by atoms with E-state index >= 15 is 0 Å². The van der Waals surface area contributed by atoms with Crippen LogP contribution in [0.4, 0.5) is 0 Å². The van der Waals surface area contributed by atoms with Crippen molar-refractivity contribution in [2.45, 2.75) is 199 Å². The highest BCUT2D eigenvalue weighted by Crippen LogP contribution is 2.43. The third-order valence-corrected chi connectivity index (χ3v) is 10.6. The number of nitrogens with one attached hydrogen (secondary N) is 1. The molecule has 0 aromatic carbocycles. The van der Waals surface area contributed by atoms with E-state index in [4.69, 9.17) is 9.05 Å². The normalized spacial score (nSPS) is 14.8. The summed E-state index contributed by atoms with van der Waals surface area (Å²) in [4.78, 5) is 23.0. The Hall–Kier alpha value is -1.28. The van der Waals surface area contributed by atoms with E-state index in [1.54, 1.807) is 0 Å². The van der Waals surface area contributed by atoms with Crippen LogP contribution in [0.5, 0.6) is 0 Å². The number of carbonyl (C=O) groups is 1. The second-order valence-corrected chi connectivity index (χ2v) is 17.5. The van der Waals surface area contributed by atoms with Gasteiger partial charge < -0.3 is 19.8 Å². The summed E-state index contributed by atoms with van der Waals surface area (Å²) in [6.45, 7) is 4.79. The maximum Gasteiger partial charge on any atom is 0.472 e. The number of hydrogen-bond donors (Lipinski definition) is 3. The molecule has 0 aromatic rings. The van der Waals surface area contributed by atoms with Crippen LogP contribution in [0.3, 0.4) is 0 Å². The van der Waals surface area contributed by atoms with Gasteiger partial charge in [-0.15, -0.1) is 0 Å². The van der Waals surface area contributed by atoms with Gasteiger partial charge in [-0.05, 0) is 51.4 Å². The molecule has 8 nitrogen and oxygen atoms in total. The molecule has 0 fully saturated rings. The largest absolute Gasteiger partial charge is 0.472 e. The van der Waals surface area contributed by atoms with Gasteiger partial charge in [0.2, 0.25) is 5.91 Å². The van der Waals surface area contributed by atoms with Gasteiger partial charge in [-0.2, -0.15) is 0 Å². The Kier molecular flexibility index (Phi) is 35.5. The average molecular weight is 770 g/mol. The van der Waals surface area contributed by atoms with Crippen molar-refractivity contribution < 1.29 is 32.9 Å². The number of phosphoric acid groups is 1. The maximum absolute atomic E-state index is 12.8. The standard InChI is InChI=1S/C44H85N2O6P/c1-6-8-10-12-14-15-16-17-18-19-20-21-22-23-24-25-26-27-28-29-30-31-32-34-36-38-44(48)45-42(43(47)37-35-33-13-11-9-7-2)41-52-53(49,50)51-40-39-46(3,4)5/h16-17,19-20,22-23,42-43,47H,6-15,18,21,24-41H2,1-5H3,(H-,45,48,49,50)/p+1/b17-16-,20-19-,23-22-. The Labute approximate surface area is 327 Å². The molecule has 0 bridgehead atoms. The van der Waals surface area contributed by atoms with Crippen molar-refractivity contribution in [1.29, 1.82) is 0 Å². The molecule has 0 spiro atoms. The third kappa shape index (κ3) is 38.8. The molecule has 0 radical (unpaired) electrons. The smallest absolute Gasteiger partial charge is 0.391 e. The van der Waals surface area contributed by atoms with Crippen molar-refractivity contribution in [3.63, 3.8) is 0 Å². The number of likely N-dealkylation sites (N-methyl/N-ethyl adjacent to an activating group) is 1. The summed E-state index contributed by atoms with van der Waals surface area (Å²) < 4.78 is 23.4. The average Bonchev–Trinajstić information content (AvgIpc) is 3.10. The zero-order valence-electron chi connectivity index (χ0n) is 35.3. The third-order valence-electron chi connectivity index (χ3n) is 9.64. The predicted octanol–water partition coefficient (Wildman–Crippen LogP) is 11.9. The summed E-state index contributed by atoms with van der Waals surface area (Å²) in [5, 5.41) is 13.8. The fourth-order valence-electron chi connectivity index (χ4n) is 6.11. The van der Waals surface area contributed by atoms with E-state index in [9.17, 15) is 19.4 Å². The molecule has 0 aliphatic rings. The first-order valence-electron chi connectivity index (χ1n) is 21.9. The number of aliphatic hydroxyl groups excluding tert-OH is 1. The molecular formula is C44H86N2O6P+. The van der Waals surface area contributed by atoms with Gasteiger partial charge >= 0.3 is 7.82 Å². The lowest BCUT2D eigenvalue weighted by atomic mass is 10.0. The highest BCUT2D eigenvalue weighted by Gasteiger charge is 2.28. The number of unbranched alkanes of at least 4 members (excludes halogenated alkanes) is 20. The van der Waals surface area contributed by atoms with Gasteiger partial charge in [0.1, 0.15) is 13.2 Å². The van der Waals surface area contributed by atoms with E-state index in [1.165, 1.54) is 109 Å². The molecule has 3 unspecified atom stereocenters. The lowest BCUT2D eigenvalue weighted by Gasteiger charge is -2.26. The van der Waals surface area contributed by atoms with Gasteiger partial charge in [-0.25, -0.2) is 4.57 Å². The van der Waals surface area contributed by atoms with Crippen LogP contribution >= 0.6 is 7.82 Å². The Morgan fingerprint density at radius 3 is 1.57 bits per heavy atom. The van der Waals surface area contributed by atoms with Gasteiger partial charge in [0.15, 0.2) is 0 Å². The van der Waals surface area contributed by atoms with Gasteiger partial charge in [0.25, 0.3) is 0 Å². The van der Waals surface area contributed by atoms with Crippen LogP contribution in [0.15, 0.2) is 36.5 Å². The summed E-state index contributed by atoms with van der Waals surface area (Å²) in [7, 11) is 1.60. The molecule has 53 heavy (non-hydrogen) atoms. The number of carbonyl (C=O) groups excluding carboxylic acids is 1. The molecular weight excluding hydrogens is 683 g/mol. The van der Waals surface area contributed by atoms with Crippen LogP contribution in [0.25, 0.3) is 0 Å². The molecule has 0 saturated heterocycles. The molecule has 0 aliphatic heterocycles. The Balaban J connectivity index is 4.08. The second kappa shape index (κ2) is 36.4. The number of quaternary nitrogens is 1. The second-order valence-electron chi connectivity index (χ2n) is 16.1. The maximum atomic E-state index is 12.8. The summed E-state index contributed by atoms with van der Waals surface area (Å²) in [6.07, 6.45) is 43.5. The molecule has 3 atom stereocenters. The lowest BCUT2D eigenvalue weighted by Crippen LogP contribution is -2.46. The number of hydrogen-bond acceptors (Lipinski definition) is 5. The van der Waals surface area contributed by atoms with Crippen LogP contribution in [0, 0.1) is 0 Å². The van der Waals surface area contributed by atoms with E-state index in [-0.39, 0.29) is 19.1 Å². The van der Waals surface area contributed by atoms with Gasteiger partial charge in [0.05, 0.1) is 39.9 Å². The van der Waals surface area contributed by atoms with E-state index in [1.807, 2.05) is 21.1 Å². The summed E-state index contributed by atoms with van der Waals surface area (Å²) in [6, 6.07) is -0.758. The fourth-order valence-corrected chi connectivity index (χ4v) is 6.85. The monoisotopic (exact) mass is 770 g/mol.